The highest BCUT2D eigenvalue weighted by atomic mass is 32.2. The fourth-order valence-corrected chi connectivity index (χ4v) is 8.32. The first kappa shape index (κ1) is 30.0. The fourth-order valence-electron chi connectivity index (χ4n) is 5.09. The fraction of sp³-hybridized carbons (Fsp3) is 0.520. The molecule has 2 heterocycles. The highest BCUT2D eigenvalue weighted by Gasteiger charge is 2.52. The molecule has 0 aromatic heterocycles. The molecule has 2 aliphatic rings. The summed E-state index contributed by atoms with van der Waals surface area (Å²) >= 11 is 0. The molecule has 40 heavy (non-hydrogen) atoms. The van der Waals surface area contributed by atoms with Crippen LogP contribution in [-0.2, 0) is 24.8 Å². The Kier molecular flexibility index (Phi) is 8.61. The van der Waals surface area contributed by atoms with E-state index in [1.807, 2.05) is 0 Å². The lowest BCUT2D eigenvalue weighted by Gasteiger charge is -2.42. The van der Waals surface area contributed by atoms with Gasteiger partial charge in [0.15, 0.2) is 23.0 Å². The number of rotatable bonds is 10. The van der Waals surface area contributed by atoms with Crippen LogP contribution in [-0.4, -0.2) is 100 Å². The van der Waals surface area contributed by atoms with Gasteiger partial charge in [-0.15, -0.1) is 0 Å². The van der Waals surface area contributed by atoms with Crippen LogP contribution < -0.4 is 28.4 Å². The molecule has 13 nitrogen and oxygen atoms in total. The Balaban J connectivity index is 1.62. The molecule has 0 aliphatic carbocycles. The lowest BCUT2D eigenvalue weighted by atomic mass is 10.0. The summed E-state index contributed by atoms with van der Waals surface area (Å²) < 4.78 is 95.4. The van der Waals surface area contributed by atoms with Crippen molar-refractivity contribution in [1.82, 2.24) is 8.61 Å². The Hall–Kier alpha value is -2.98. The van der Waals surface area contributed by atoms with Crippen LogP contribution in [0.2, 0.25) is 0 Å². The van der Waals surface area contributed by atoms with Gasteiger partial charge in [-0.05, 0) is 0 Å². The summed E-state index contributed by atoms with van der Waals surface area (Å²) in [6.45, 7) is 0.336. The lowest BCUT2D eigenvalue weighted by Crippen LogP contribution is -2.55. The molecule has 2 aromatic rings. The van der Waals surface area contributed by atoms with Crippen molar-refractivity contribution in [3.63, 3.8) is 0 Å². The second kappa shape index (κ2) is 11.5. The standard InChI is InChI=1S/C25H34N2O11S2/c1-32-19-13-17(14-20(33-2)23(19)36-5)39(28,29)26-9-7-25(8-10-26)27(11-12-38-25)40(30,31)18-15-21(34-3)24(37-6)22(16-18)35-4/h13-16H,7-12H2,1-6H3. The van der Waals surface area contributed by atoms with Gasteiger partial charge >= 0.3 is 0 Å². The molecule has 0 N–H and O–H groups in total. The van der Waals surface area contributed by atoms with E-state index < -0.39 is 25.8 Å². The Morgan fingerprint density at radius 2 is 1.02 bits per heavy atom. The quantitative estimate of drug-likeness (QED) is 0.394. The van der Waals surface area contributed by atoms with E-state index >= 15 is 0 Å². The van der Waals surface area contributed by atoms with Crippen LogP contribution in [0.3, 0.4) is 0 Å². The van der Waals surface area contributed by atoms with Crippen LogP contribution in [0.25, 0.3) is 0 Å². The third-order valence-corrected chi connectivity index (χ3v) is 10.9. The lowest BCUT2D eigenvalue weighted by molar-refractivity contribution is -0.0806. The molecule has 0 saturated carbocycles. The minimum Gasteiger partial charge on any atom is -0.493 e. The predicted octanol–water partition coefficient (Wildman–Crippen LogP) is 1.94. The predicted molar refractivity (Wildman–Crippen MR) is 143 cm³/mol. The van der Waals surface area contributed by atoms with E-state index in [0.29, 0.717) is 0 Å². The largest absolute Gasteiger partial charge is 0.493 e. The molecule has 2 aliphatic heterocycles. The second-order valence-corrected chi connectivity index (χ2v) is 12.8. The van der Waals surface area contributed by atoms with Crippen molar-refractivity contribution in [2.24, 2.45) is 0 Å². The SMILES string of the molecule is COc1cc(S(=O)(=O)N2CCC3(CC2)OCCN3S(=O)(=O)c2cc(OC)c(OC)c(OC)c2)cc(OC)c1OC. The smallest absolute Gasteiger partial charge is 0.245 e. The molecule has 1 spiro atoms. The molecule has 2 fully saturated rings. The topological polar surface area (TPSA) is 139 Å². The van der Waals surface area contributed by atoms with Crippen LogP contribution in [0.1, 0.15) is 12.8 Å². The van der Waals surface area contributed by atoms with Crippen LogP contribution in [0.5, 0.6) is 34.5 Å². The van der Waals surface area contributed by atoms with Crippen molar-refractivity contribution in [2.75, 3.05) is 68.9 Å². The van der Waals surface area contributed by atoms with E-state index in [4.69, 9.17) is 33.2 Å². The van der Waals surface area contributed by atoms with Gasteiger partial charge in [0.25, 0.3) is 0 Å². The van der Waals surface area contributed by atoms with Crippen molar-refractivity contribution in [3.8, 4) is 34.5 Å². The number of nitrogens with zero attached hydrogens (tertiary/aromatic N) is 2. The number of ether oxygens (including phenoxy) is 7. The summed E-state index contributed by atoms with van der Waals surface area (Å²) in [7, 11) is 0.391. The molecule has 0 unspecified atom stereocenters. The van der Waals surface area contributed by atoms with Crippen molar-refractivity contribution < 1.29 is 50.0 Å². The molecule has 0 amide bonds. The average Bonchev–Trinajstić information content (AvgIpc) is 3.38. The summed E-state index contributed by atoms with van der Waals surface area (Å²) in [5.74, 6) is 1.34. The Labute approximate surface area is 234 Å². The summed E-state index contributed by atoms with van der Waals surface area (Å²) in [5.41, 5.74) is -1.21. The first-order valence-electron chi connectivity index (χ1n) is 12.3. The van der Waals surface area contributed by atoms with E-state index in [9.17, 15) is 16.8 Å². The monoisotopic (exact) mass is 602 g/mol. The zero-order valence-corrected chi connectivity index (χ0v) is 24.9. The van der Waals surface area contributed by atoms with Gasteiger partial charge in [-0.3, -0.25) is 0 Å². The number of hydrogen-bond acceptors (Lipinski definition) is 11. The number of hydrogen-bond donors (Lipinski definition) is 0. The number of benzene rings is 2. The summed E-state index contributed by atoms with van der Waals surface area (Å²) in [6, 6.07) is 5.47. The Morgan fingerprint density at radius 1 is 0.625 bits per heavy atom. The maximum Gasteiger partial charge on any atom is 0.245 e. The van der Waals surface area contributed by atoms with Crippen LogP contribution in [0.15, 0.2) is 34.1 Å². The molecule has 2 saturated heterocycles. The van der Waals surface area contributed by atoms with Crippen molar-refractivity contribution >= 4 is 20.0 Å². The van der Waals surface area contributed by atoms with Crippen molar-refractivity contribution in [2.45, 2.75) is 28.4 Å². The van der Waals surface area contributed by atoms with E-state index in [0.717, 1.165) is 0 Å². The van der Waals surface area contributed by atoms with Gasteiger partial charge in [-0.2, -0.15) is 8.61 Å². The zero-order valence-electron chi connectivity index (χ0n) is 23.3. The summed E-state index contributed by atoms with van der Waals surface area (Å²) in [4.78, 5) is -0.0912. The van der Waals surface area contributed by atoms with Gasteiger partial charge in [0.05, 0.1) is 59.1 Å². The molecular formula is C25H34N2O11S2. The van der Waals surface area contributed by atoms with Gasteiger partial charge in [-0.25, -0.2) is 16.8 Å². The molecule has 222 valence electrons. The number of sulfonamides is 2. The van der Waals surface area contributed by atoms with E-state index in [1.165, 1.54) is 75.5 Å². The van der Waals surface area contributed by atoms with Crippen LogP contribution in [0, 0.1) is 0 Å². The van der Waals surface area contributed by atoms with E-state index in [-0.39, 0.29) is 83.4 Å². The van der Waals surface area contributed by atoms with Gasteiger partial charge < -0.3 is 33.2 Å². The number of piperidine rings is 1. The van der Waals surface area contributed by atoms with E-state index in [1.54, 1.807) is 0 Å². The molecule has 0 bridgehead atoms. The first-order valence-corrected chi connectivity index (χ1v) is 15.2. The van der Waals surface area contributed by atoms with Gasteiger partial charge in [-0.1, -0.05) is 0 Å². The first-order chi connectivity index (χ1) is 19.0. The normalized spacial score (nSPS) is 17.9. The molecule has 4 rings (SSSR count). The maximum atomic E-state index is 13.9. The zero-order chi connectivity index (χ0) is 29.3. The Bertz CT molecular complexity index is 1400. The minimum atomic E-state index is -4.09. The second-order valence-electron chi connectivity index (χ2n) is 9.00. The van der Waals surface area contributed by atoms with Crippen LogP contribution >= 0.6 is 0 Å². The minimum absolute atomic E-state index is 0.0280. The maximum absolute atomic E-state index is 13.9. The molecule has 15 heteroatoms. The van der Waals surface area contributed by atoms with Gasteiger partial charge in [0.2, 0.25) is 31.5 Å². The highest BCUT2D eigenvalue weighted by Crippen LogP contribution is 2.45. The van der Waals surface area contributed by atoms with E-state index in [2.05, 4.69) is 0 Å². The molecule has 0 radical (unpaired) electrons. The third kappa shape index (κ3) is 5.00. The average molecular weight is 603 g/mol. The summed E-state index contributed by atoms with van der Waals surface area (Å²) in [6.07, 6.45) is 0.251. The number of methoxy groups -OCH3 is 6. The van der Waals surface area contributed by atoms with Crippen molar-refractivity contribution in [1.29, 1.82) is 0 Å². The van der Waals surface area contributed by atoms with Gasteiger partial charge in [0, 0.05) is 56.7 Å². The highest BCUT2D eigenvalue weighted by molar-refractivity contribution is 7.89. The van der Waals surface area contributed by atoms with Crippen LogP contribution in [0.4, 0.5) is 0 Å². The third-order valence-electron chi connectivity index (χ3n) is 7.13. The van der Waals surface area contributed by atoms with Crippen molar-refractivity contribution in [3.05, 3.63) is 24.3 Å². The van der Waals surface area contributed by atoms with Gasteiger partial charge in [0.1, 0.15) is 5.72 Å². The molecule has 2 aromatic carbocycles. The molecule has 0 atom stereocenters. The summed E-state index contributed by atoms with van der Waals surface area (Å²) in [5, 5.41) is 0. The molecular weight excluding hydrogens is 568 g/mol. The Morgan fingerprint density at radius 3 is 1.40 bits per heavy atom.